The molecule has 10 heteroatoms. The maximum atomic E-state index is 14.3. The first-order chi connectivity index (χ1) is 12.2. The summed E-state index contributed by atoms with van der Waals surface area (Å²) in [6.45, 7) is 0. The number of benzene rings is 2. The van der Waals surface area contributed by atoms with Crippen molar-refractivity contribution in [2.75, 3.05) is 0 Å². The van der Waals surface area contributed by atoms with Crippen LogP contribution in [0.4, 0.5) is 13.2 Å². The second kappa shape index (κ2) is 7.29. The second-order valence-corrected chi connectivity index (χ2v) is 6.69. The van der Waals surface area contributed by atoms with Gasteiger partial charge < -0.3 is 5.11 Å². The molecule has 136 valence electrons. The highest BCUT2D eigenvalue weighted by atomic mass is 35.5. The fourth-order valence-corrected chi connectivity index (χ4v) is 3.57. The van der Waals surface area contributed by atoms with Crippen LogP contribution < -0.4 is 0 Å². The molecule has 0 aliphatic carbocycles. The average Bonchev–Trinajstić information content (AvgIpc) is 2.80. The Kier molecular flexibility index (Phi) is 5.42. The first kappa shape index (κ1) is 19.3. The molecule has 1 aromatic heterocycles. The van der Waals surface area contributed by atoms with Gasteiger partial charge in [-0.05, 0) is 29.8 Å². The molecule has 3 nitrogen and oxygen atoms in total. The van der Waals surface area contributed by atoms with Crippen LogP contribution in [-0.4, -0.2) is 14.7 Å². The SMILES string of the molecule is OC(c1ccc(F)cc1Cl)c1c(Cl)nc(Cl)n1-c1c(F)cc(F)cc1Cl. The molecule has 1 atom stereocenters. The zero-order valence-corrected chi connectivity index (χ0v) is 15.5. The van der Waals surface area contributed by atoms with Gasteiger partial charge in [0.25, 0.3) is 0 Å². The highest BCUT2D eigenvalue weighted by Crippen LogP contribution is 2.38. The van der Waals surface area contributed by atoms with Gasteiger partial charge in [-0.3, -0.25) is 4.57 Å². The van der Waals surface area contributed by atoms with Crippen molar-refractivity contribution in [3.63, 3.8) is 0 Å². The van der Waals surface area contributed by atoms with Crippen LogP contribution in [0.3, 0.4) is 0 Å². The van der Waals surface area contributed by atoms with Gasteiger partial charge in [0.15, 0.2) is 11.0 Å². The predicted molar refractivity (Wildman–Crippen MR) is 94.0 cm³/mol. The van der Waals surface area contributed by atoms with Crippen LogP contribution >= 0.6 is 46.4 Å². The molecule has 1 heterocycles. The first-order valence-corrected chi connectivity index (χ1v) is 8.43. The average molecular weight is 442 g/mol. The van der Waals surface area contributed by atoms with E-state index in [0.29, 0.717) is 6.07 Å². The van der Waals surface area contributed by atoms with Gasteiger partial charge in [-0.15, -0.1) is 0 Å². The van der Waals surface area contributed by atoms with E-state index in [1.54, 1.807) is 0 Å². The number of imidazole rings is 1. The highest BCUT2D eigenvalue weighted by Gasteiger charge is 2.28. The second-order valence-electron chi connectivity index (χ2n) is 5.18. The molecule has 0 fully saturated rings. The summed E-state index contributed by atoms with van der Waals surface area (Å²) in [5.74, 6) is -2.57. The van der Waals surface area contributed by atoms with E-state index in [1.165, 1.54) is 6.07 Å². The Morgan fingerprint density at radius 1 is 0.923 bits per heavy atom. The van der Waals surface area contributed by atoms with E-state index in [9.17, 15) is 18.3 Å². The van der Waals surface area contributed by atoms with E-state index in [4.69, 9.17) is 46.4 Å². The fourth-order valence-electron chi connectivity index (χ4n) is 2.45. The molecule has 26 heavy (non-hydrogen) atoms. The van der Waals surface area contributed by atoms with Crippen LogP contribution in [0.2, 0.25) is 20.5 Å². The minimum absolute atomic E-state index is 0.0754. The van der Waals surface area contributed by atoms with E-state index < -0.39 is 23.6 Å². The molecular formula is C16H7Cl4F3N2O. The fraction of sp³-hybridized carbons (Fsp3) is 0.0625. The monoisotopic (exact) mass is 440 g/mol. The Morgan fingerprint density at radius 3 is 2.19 bits per heavy atom. The third-order valence-electron chi connectivity index (χ3n) is 3.55. The van der Waals surface area contributed by atoms with Gasteiger partial charge >= 0.3 is 0 Å². The van der Waals surface area contributed by atoms with Crippen LogP contribution in [0.15, 0.2) is 30.3 Å². The first-order valence-electron chi connectivity index (χ1n) is 6.92. The van der Waals surface area contributed by atoms with Crippen LogP contribution in [-0.2, 0) is 0 Å². The third-order valence-corrected chi connectivity index (χ3v) is 4.70. The largest absolute Gasteiger partial charge is 0.382 e. The van der Waals surface area contributed by atoms with Crippen molar-refractivity contribution < 1.29 is 18.3 Å². The number of hydrogen-bond acceptors (Lipinski definition) is 2. The Hall–Kier alpha value is -1.44. The van der Waals surface area contributed by atoms with E-state index in [2.05, 4.69) is 4.98 Å². The highest BCUT2D eigenvalue weighted by molar-refractivity contribution is 6.34. The van der Waals surface area contributed by atoms with E-state index in [0.717, 1.165) is 22.8 Å². The number of aliphatic hydroxyl groups excluding tert-OH is 1. The number of aliphatic hydroxyl groups is 1. The summed E-state index contributed by atoms with van der Waals surface area (Å²) in [6, 6.07) is 4.75. The predicted octanol–water partition coefficient (Wildman–Crippen LogP) is 5.98. The van der Waals surface area contributed by atoms with Crippen molar-refractivity contribution in [3.8, 4) is 5.69 Å². The molecule has 0 saturated heterocycles. The summed E-state index contributed by atoms with van der Waals surface area (Å²) in [7, 11) is 0. The van der Waals surface area contributed by atoms with Gasteiger partial charge in [0.1, 0.15) is 23.4 Å². The molecule has 0 radical (unpaired) electrons. The van der Waals surface area contributed by atoms with Crippen molar-refractivity contribution in [3.05, 3.63) is 79.5 Å². The summed E-state index contributed by atoms with van der Waals surface area (Å²) in [5, 5.41) is 9.68. The van der Waals surface area contributed by atoms with Crippen molar-refractivity contribution in [1.29, 1.82) is 0 Å². The Bertz CT molecular complexity index is 986. The Balaban J connectivity index is 2.25. The van der Waals surface area contributed by atoms with E-state index >= 15 is 0 Å². The van der Waals surface area contributed by atoms with Crippen LogP contribution in [0, 0.1) is 17.5 Å². The lowest BCUT2D eigenvalue weighted by Crippen LogP contribution is -2.11. The summed E-state index contributed by atoms with van der Waals surface area (Å²) in [5.41, 5.74) is -0.450. The lowest BCUT2D eigenvalue weighted by molar-refractivity contribution is 0.213. The lowest BCUT2D eigenvalue weighted by atomic mass is 10.1. The summed E-state index contributed by atoms with van der Waals surface area (Å²) in [4.78, 5) is 3.78. The van der Waals surface area contributed by atoms with E-state index in [1.807, 2.05) is 0 Å². The minimum Gasteiger partial charge on any atom is -0.382 e. The van der Waals surface area contributed by atoms with Gasteiger partial charge in [-0.25, -0.2) is 18.2 Å². The molecule has 3 rings (SSSR count). The van der Waals surface area contributed by atoms with E-state index in [-0.39, 0.29) is 37.4 Å². The number of rotatable bonds is 3. The molecule has 0 amide bonds. The van der Waals surface area contributed by atoms with Crippen LogP contribution in [0.1, 0.15) is 17.4 Å². The normalized spacial score (nSPS) is 12.5. The molecule has 0 spiro atoms. The van der Waals surface area contributed by atoms with Crippen LogP contribution in [0.5, 0.6) is 0 Å². The minimum atomic E-state index is -1.55. The zero-order chi connectivity index (χ0) is 19.2. The maximum absolute atomic E-state index is 14.3. The third kappa shape index (κ3) is 3.40. The van der Waals surface area contributed by atoms with Crippen molar-refractivity contribution in [2.45, 2.75) is 6.10 Å². The van der Waals surface area contributed by atoms with Crippen molar-refractivity contribution in [1.82, 2.24) is 9.55 Å². The molecule has 0 aliphatic heterocycles. The van der Waals surface area contributed by atoms with Gasteiger partial charge in [-0.1, -0.05) is 40.9 Å². The zero-order valence-electron chi connectivity index (χ0n) is 12.5. The maximum Gasteiger partial charge on any atom is 0.209 e. The van der Waals surface area contributed by atoms with Gasteiger partial charge in [0, 0.05) is 16.7 Å². The molecule has 1 N–H and O–H groups in total. The smallest absolute Gasteiger partial charge is 0.209 e. The lowest BCUT2D eigenvalue weighted by Gasteiger charge is -2.18. The molecular weight excluding hydrogens is 435 g/mol. The standard InChI is InChI=1S/C16H7Cl4F3N2O/c17-9-3-6(21)1-2-8(9)14(26)13-15(19)24-16(20)25(13)12-10(18)4-7(22)5-11(12)23/h1-5,14,26H. The van der Waals surface area contributed by atoms with Crippen LogP contribution in [0.25, 0.3) is 5.69 Å². The van der Waals surface area contributed by atoms with Gasteiger partial charge in [0.2, 0.25) is 5.28 Å². The summed E-state index contributed by atoms with van der Waals surface area (Å²) >= 11 is 23.9. The Labute approximate surface area is 165 Å². The molecule has 3 aromatic rings. The quantitative estimate of drug-likeness (QED) is 0.542. The molecule has 1 unspecified atom stereocenters. The molecule has 2 aromatic carbocycles. The summed E-state index contributed by atoms with van der Waals surface area (Å²) < 4.78 is 41.9. The number of nitrogens with zero attached hydrogens (tertiary/aromatic N) is 2. The Morgan fingerprint density at radius 2 is 1.58 bits per heavy atom. The molecule has 0 aliphatic rings. The van der Waals surface area contributed by atoms with Crippen molar-refractivity contribution in [2.24, 2.45) is 0 Å². The van der Waals surface area contributed by atoms with Gasteiger partial charge in [0.05, 0.1) is 10.7 Å². The number of aromatic nitrogens is 2. The van der Waals surface area contributed by atoms with Crippen molar-refractivity contribution >= 4 is 46.4 Å². The molecule has 0 saturated carbocycles. The number of hydrogen-bond donors (Lipinski definition) is 1. The van der Waals surface area contributed by atoms with Gasteiger partial charge in [-0.2, -0.15) is 0 Å². The molecule has 0 bridgehead atoms. The summed E-state index contributed by atoms with van der Waals surface area (Å²) in [6.07, 6.45) is -1.55. The number of halogens is 7. The topological polar surface area (TPSA) is 38.1 Å².